The van der Waals surface area contributed by atoms with Crippen molar-refractivity contribution in [3.8, 4) is 11.4 Å². The average molecular weight is 370 g/mol. The van der Waals surface area contributed by atoms with Gasteiger partial charge < -0.3 is 9.67 Å². The minimum Gasteiger partial charge on any atom is -0.480 e. The Kier molecular flexibility index (Phi) is 4.23. The van der Waals surface area contributed by atoms with Crippen molar-refractivity contribution in [3.63, 3.8) is 0 Å². The zero-order chi connectivity index (χ0) is 16.7. The van der Waals surface area contributed by atoms with Crippen LogP contribution in [0.15, 0.2) is 36.4 Å². The van der Waals surface area contributed by atoms with E-state index in [0.717, 1.165) is 0 Å². The van der Waals surface area contributed by atoms with Crippen LogP contribution in [0.4, 0.5) is 0 Å². The monoisotopic (exact) mass is 368 g/mol. The highest BCUT2D eigenvalue weighted by molar-refractivity contribution is 6.35. The Bertz CT molecular complexity index is 921. The number of benzene rings is 2. The molecule has 3 aromatic rings. The molecule has 7 heteroatoms. The normalized spacial score (nSPS) is 12.5. The molecule has 2 aromatic carbocycles. The number of carboxylic acid groups (broad SMARTS) is 1. The number of fused-ring (bicyclic) bond motifs is 1. The van der Waals surface area contributed by atoms with Crippen LogP contribution in [0, 0.1) is 0 Å². The van der Waals surface area contributed by atoms with Crippen molar-refractivity contribution in [1.82, 2.24) is 9.55 Å². The first-order chi connectivity index (χ1) is 10.9. The Balaban J connectivity index is 2.37. The standard InChI is InChI=1S/C16H11Cl3N2O2/c1-8(16(22)23)21-14-5-3-10(18)7-13(14)20-15(21)11-6-9(17)2-4-12(11)19/h2-8H,1H3,(H,22,23). The summed E-state index contributed by atoms with van der Waals surface area (Å²) in [7, 11) is 0. The van der Waals surface area contributed by atoms with Crippen molar-refractivity contribution in [3.05, 3.63) is 51.5 Å². The molecule has 0 fully saturated rings. The van der Waals surface area contributed by atoms with Gasteiger partial charge in [0.2, 0.25) is 0 Å². The molecular weight excluding hydrogens is 359 g/mol. The summed E-state index contributed by atoms with van der Waals surface area (Å²) in [5, 5.41) is 10.9. The number of hydrogen-bond acceptors (Lipinski definition) is 2. The molecule has 0 saturated heterocycles. The topological polar surface area (TPSA) is 55.1 Å². The predicted octanol–water partition coefficient (Wildman–Crippen LogP) is 5.31. The lowest BCUT2D eigenvalue weighted by Gasteiger charge is -2.14. The fourth-order valence-corrected chi connectivity index (χ4v) is 2.97. The van der Waals surface area contributed by atoms with Crippen LogP contribution >= 0.6 is 34.8 Å². The number of rotatable bonds is 3. The van der Waals surface area contributed by atoms with E-state index in [1.165, 1.54) is 0 Å². The first kappa shape index (κ1) is 16.1. The lowest BCUT2D eigenvalue weighted by Crippen LogP contribution is -2.16. The van der Waals surface area contributed by atoms with E-state index in [9.17, 15) is 9.90 Å². The Hall–Kier alpha value is -1.75. The molecule has 1 heterocycles. The third-order valence-electron chi connectivity index (χ3n) is 3.57. The largest absolute Gasteiger partial charge is 0.480 e. The van der Waals surface area contributed by atoms with Gasteiger partial charge in [0.05, 0.1) is 16.1 Å². The van der Waals surface area contributed by atoms with Crippen LogP contribution in [0.3, 0.4) is 0 Å². The van der Waals surface area contributed by atoms with Crippen LogP contribution in [0.1, 0.15) is 13.0 Å². The lowest BCUT2D eigenvalue weighted by molar-refractivity contribution is -0.140. The Morgan fingerprint density at radius 1 is 1.13 bits per heavy atom. The van der Waals surface area contributed by atoms with Gasteiger partial charge in [-0.15, -0.1) is 0 Å². The van der Waals surface area contributed by atoms with Crippen LogP contribution < -0.4 is 0 Å². The van der Waals surface area contributed by atoms with Crippen molar-refractivity contribution in [2.45, 2.75) is 13.0 Å². The molecular formula is C16H11Cl3N2O2. The van der Waals surface area contributed by atoms with E-state index in [0.29, 0.717) is 37.5 Å². The van der Waals surface area contributed by atoms with Crippen molar-refractivity contribution < 1.29 is 9.90 Å². The molecule has 0 amide bonds. The van der Waals surface area contributed by atoms with Gasteiger partial charge in [0.15, 0.2) is 0 Å². The molecule has 1 unspecified atom stereocenters. The second-order valence-electron chi connectivity index (χ2n) is 5.08. The van der Waals surface area contributed by atoms with Crippen molar-refractivity contribution in [2.24, 2.45) is 0 Å². The van der Waals surface area contributed by atoms with Crippen LogP contribution in [-0.4, -0.2) is 20.6 Å². The average Bonchev–Trinajstić information content (AvgIpc) is 2.86. The van der Waals surface area contributed by atoms with E-state index in [4.69, 9.17) is 34.8 Å². The third kappa shape index (κ3) is 2.90. The van der Waals surface area contributed by atoms with Gasteiger partial charge in [-0.3, -0.25) is 0 Å². The molecule has 0 aliphatic rings. The summed E-state index contributed by atoms with van der Waals surface area (Å²) < 4.78 is 1.62. The van der Waals surface area contributed by atoms with E-state index < -0.39 is 12.0 Å². The number of aromatic nitrogens is 2. The van der Waals surface area contributed by atoms with Gasteiger partial charge in [-0.2, -0.15) is 0 Å². The molecule has 0 bridgehead atoms. The highest BCUT2D eigenvalue weighted by atomic mass is 35.5. The molecule has 118 valence electrons. The third-order valence-corrected chi connectivity index (χ3v) is 4.37. The summed E-state index contributed by atoms with van der Waals surface area (Å²) in [5.41, 5.74) is 1.83. The summed E-state index contributed by atoms with van der Waals surface area (Å²) in [4.78, 5) is 16.0. The second kappa shape index (κ2) is 6.04. The van der Waals surface area contributed by atoms with Crippen LogP contribution in [0.2, 0.25) is 15.1 Å². The number of halogens is 3. The van der Waals surface area contributed by atoms with Gasteiger partial charge in [0, 0.05) is 15.6 Å². The number of imidazole rings is 1. The minimum atomic E-state index is -0.973. The van der Waals surface area contributed by atoms with E-state index >= 15 is 0 Å². The Morgan fingerprint density at radius 2 is 1.78 bits per heavy atom. The SMILES string of the molecule is CC(C(=O)O)n1c(-c2cc(Cl)ccc2Cl)nc2cc(Cl)ccc21. The molecule has 0 radical (unpaired) electrons. The van der Waals surface area contributed by atoms with E-state index in [1.54, 1.807) is 47.9 Å². The molecule has 0 aliphatic heterocycles. The highest BCUT2D eigenvalue weighted by Crippen LogP contribution is 2.35. The van der Waals surface area contributed by atoms with E-state index in [2.05, 4.69) is 4.98 Å². The van der Waals surface area contributed by atoms with Crippen molar-refractivity contribution in [1.29, 1.82) is 0 Å². The Morgan fingerprint density at radius 3 is 2.48 bits per heavy atom. The van der Waals surface area contributed by atoms with Gasteiger partial charge >= 0.3 is 5.97 Å². The fraction of sp³-hybridized carbons (Fsp3) is 0.125. The molecule has 23 heavy (non-hydrogen) atoms. The fourth-order valence-electron chi connectivity index (χ4n) is 2.43. The van der Waals surface area contributed by atoms with Crippen molar-refractivity contribution in [2.75, 3.05) is 0 Å². The maximum atomic E-state index is 11.5. The first-order valence-corrected chi connectivity index (χ1v) is 7.87. The number of nitrogens with zero attached hydrogens (tertiary/aromatic N) is 2. The minimum absolute atomic E-state index is 0.435. The Labute approximate surface area is 147 Å². The molecule has 0 aliphatic carbocycles. The summed E-state index contributed by atoms with van der Waals surface area (Å²) in [6, 6.07) is 9.28. The van der Waals surface area contributed by atoms with Crippen LogP contribution in [-0.2, 0) is 4.79 Å². The van der Waals surface area contributed by atoms with E-state index in [1.807, 2.05) is 0 Å². The van der Waals surface area contributed by atoms with Crippen LogP contribution in [0.25, 0.3) is 22.4 Å². The highest BCUT2D eigenvalue weighted by Gasteiger charge is 2.23. The zero-order valence-corrected chi connectivity index (χ0v) is 14.2. The molecule has 1 atom stereocenters. The molecule has 4 nitrogen and oxygen atoms in total. The predicted molar refractivity (Wildman–Crippen MR) is 92.5 cm³/mol. The lowest BCUT2D eigenvalue weighted by atomic mass is 10.2. The van der Waals surface area contributed by atoms with E-state index in [-0.39, 0.29) is 0 Å². The van der Waals surface area contributed by atoms with Gasteiger partial charge in [-0.05, 0) is 43.3 Å². The summed E-state index contributed by atoms with van der Waals surface area (Å²) in [6.45, 7) is 1.58. The number of hydrogen-bond donors (Lipinski definition) is 1. The first-order valence-electron chi connectivity index (χ1n) is 6.74. The molecule has 1 N–H and O–H groups in total. The number of aliphatic carboxylic acids is 1. The molecule has 1 aromatic heterocycles. The zero-order valence-electron chi connectivity index (χ0n) is 11.9. The van der Waals surface area contributed by atoms with Gasteiger partial charge in [0.1, 0.15) is 11.9 Å². The number of carbonyl (C=O) groups is 1. The quantitative estimate of drug-likeness (QED) is 0.680. The smallest absolute Gasteiger partial charge is 0.326 e. The van der Waals surface area contributed by atoms with Gasteiger partial charge in [-0.25, -0.2) is 9.78 Å². The van der Waals surface area contributed by atoms with Gasteiger partial charge in [-0.1, -0.05) is 34.8 Å². The maximum absolute atomic E-state index is 11.5. The summed E-state index contributed by atoms with van der Waals surface area (Å²) in [6.07, 6.45) is 0. The summed E-state index contributed by atoms with van der Waals surface area (Å²) in [5.74, 6) is -0.539. The van der Waals surface area contributed by atoms with Crippen LogP contribution in [0.5, 0.6) is 0 Å². The maximum Gasteiger partial charge on any atom is 0.326 e. The summed E-state index contributed by atoms with van der Waals surface area (Å²) >= 11 is 18.3. The second-order valence-corrected chi connectivity index (χ2v) is 6.36. The molecule has 0 spiro atoms. The molecule has 0 saturated carbocycles. The molecule has 3 rings (SSSR count). The van der Waals surface area contributed by atoms with Crippen molar-refractivity contribution >= 4 is 51.8 Å². The number of carboxylic acids is 1. The van der Waals surface area contributed by atoms with Gasteiger partial charge in [0.25, 0.3) is 0 Å².